The molecule has 2 aromatic rings. The fourth-order valence-corrected chi connectivity index (χ4v) is 3.38. The average Bonchev–Trinajstić information content (AvgIpc) is 3.16. The molecule has 1 N–H and O–H groups in total. The van der Waals surface area contributed by atoms with Crippen LogP contribution >= 0.6 is 0 Å². The van der Waals surface area contributed by atoms with Crippen molar-refractivity contribution in [3.63, 3.8) is 0 Å². The molecule has 0 amide bonds. The summed E-state index contributed by atoms with van der Waals surface area (Å²) in [5.41, 5.74) is 3.60. The third kappa shape index (κ3) is 5.80. The zero-order valence-corrected chi connectivity index (χ0v) is 16.6. The number of hydrogen-bond acceptors (Lipinski definition) is 5. The van der Waals surface area contributed by atoms with Crippen LogP contribution in [0.25, 0.3) is 0 Å². The Balaban J connectivity index is 1.48. The predicted molar refractivity (Wildman–Crippen MR) is 107 cm³/mol. The van der Waals surface area contributed by atoms with Crippen molar-refractivity contribution in [2.75, 3.05) is 47.3 Å². The number of nitrogens with one attached hydrogen (secondary N) is 1. The summed E-state index contributed by atoms with van der Waals surface area (Å²) in [4.78, 5) is 11.4. The Morgan fingerprint density at radius 1 is 1.19 bits per heavy atom. The molecule has 1 aliphatic rings. The number of hydrogen-bond donors (Lipinski definition) is 1. The van der Waals surface area contributed by atoms with E-state index in [1.165, 1.54) is 11.1 Å². The van der Waals surface area contributed by atoms with E-state index in [0.717, 1.165) is 57.5 Å². The van der Waals surface area contributed by atoms with Crippen LogP contribution in [-0.4, -0.2) is 73.1 Å². The Labute approximate surface area is 161 Å². The highest BCUT2D eigenvalue weighted by Crippen LogP contribution is 2.09. The summed E-state index contributed by atoms with van der Waals surface area (Å²) in [6.07, 6.45) is 1.63. The maximum atomic E-state index is 4.92. The molecular weight excluding hydrogens is 340 g/mol. The zero-order valence-electron chi connectivity index (χ0n) is 16.6. The van der Waals surface area contributed by atoms with Crippen LogP contribution in [0.4, 0.5) is 0 Å². The van der Waals surface area contributed by atoms with Gasteiger partial charge in [0.25, 0.3) is 0 Å². The first-order valence-corrected chi connectivity index (χ1v) is 9.44. The van der Waals surface area contributed by atoms with E-state index < -0.39 is 0 Å². The van der Waals surface area contributed by atoms with E-state index in [-0.39, 0.29) is 0 Å². The van der Waals surface area contributed by atoms with Crippen LogP contribution in [-0.2, 0) is 19.6 Å². The minimum absolute atomic E-state index is 0.785. The summed E-state index contributed by atoms with van der Waals surface area (Å²) in [6, 6.07) is 10.6. The molecule has 0 atom stereocenters. The topological polar surface area (TPSA) is 60.1 Å². The number of piperazine rings is 1. The summed E-state index contributed by atoms with van der Waals surface area (Å²) in [6.45, 7) is 6.48. The van der Waals surface area contributed by atoms with Crippen molar-refractivity contribution in [2.45, 2.75) is 19.6 Å². The average molecular weight is 371 g/mol. The van der Waals surface area contributed by atoms with Gasteiger partial charge in [0.05, 0.1) is 5.69 Å². The van der Waals surface area contributed by atoms with Gasteiger partial charge in [0.2, 0.25) is 0 Å². The lowest BCUT2D eigenvalue weighted by Crippen LogP contribution is -2.52. The third-order valence-electron chi connectivity index (χ3n) is 4.70. The van der Waals surface area contributed by atoms with E-state index in [4.69, 9.17) is 4.52 Å². The summed E-state index contributed by atoms with van der Waals surface area (Å²) >= 11 is 0. The standard InChI is InChI=1S/C20H30N6O/c1-21-20(22-14-17-5-4-6-18(13-17)15-24(2)3)26-10-8-25(9-11-26)16-19-7-12-27-23-19/h4-7,12-13H,8-11,14-16H2,1-3H3,(H,21,22). The molecule has 0 saturated carbocycles. The fourth-order valence-electron chi connectivity index (χ4n) is 3.38. The Morgan fingerprint density at radius 3 is 2.63 bits per heavy atom. The van der Waals surface area contributed by atoms with Crippen LogP contribution in [0.15, 0.2) is 46.1 Å². The van der Waals surface area contributed by atoms with Gasteiger partial charge in [-0.1, -0.05) is 29.4 Å². The van der Waals surface area contributed by atoms with Gasteiger partial charge >= 0.3 is 0 Å². The van der Waals surface area contributed by atoms with Crippen LogP contribution in [0, 0.1) is 0 Å². The van der Waals surface area contributed by atoms with Gasteiger partial charge in [0, 0.05) is 58.9 Å². The Kier molecular flexibility index (Phi) is 6.84. The molecule has 0 spiro atoms. The molecule has 0 aliphatic carbocycles. The molecule has 0 bridgehead atoms. The Hall–Kier alpha value is -2.38. The van der Waals surface area contributed by atoms with E-state index in [2.05, 4.69) is 68.5 Å². The lowest BCUT2D eigenvalue weighted by atomic mass is 10.1. The van der Waals surface area contributed by atoms with Crippen molar-refractivity contribution in [3.05, 3.63) is 53.4 Å². The lowest BCUT2D eigenvalue weighted by Gasteiger charge is -2.36. The molecule has 3 rings (SSSR count). The molecule has 2 heterocycles. The SMILES string of the molecule is CN=C(NCc1cccc(CN(C)C)c1)N1CCN(Cc2ccon2)CC1. The van der Waals surface area contributed by atoms with Crippen molar-refractivity contribution in [1.82, 2.24) is 25.2 Å². The second kappa shape index (κ2) is 9.53. The maximum Gasteiger partial charge on any atom is 0.194 e. The quantitative estimate of drug-likeness (QED) is 0.616. The number of rotatable bonds is 6. The summed E-state index contributed by atoms with van der Waals surface area (Å²) < 4.78 is 4.92. The van der Waals surface area contributed by atoms with Crippen LogP contribution in [0.3, 0.4) is 0 Å². The fraction of sp³-hybridized carbons (Fsp3) is 0.500. The van der Waals surface area contributed by atoms with Crippen molar-refractivity contribution >= 4 is 5.96 Å². The molecule has 146 valence electrons. The summed E-state index contributed by atoms with van der Waals surface area (Å²) in [5, 5.41) is 7.51. The largest absolute Gasteiger partial charge is 0.364 e. The first kappa shape index (κ1) is 19.4. The van der Waals surface area contributed by atoms with E-state index in [1.54, 1.807) is 6.26 Å². The number of benzene rings is 1. The zero-order chi connectivity index (χ0) is 19.1. The van der Waals surface area contributed by atoms with Crippen LogP contribution in [0.5, 0.6) is 0 Å². The summed E-state index contributed by atoms with van der Waals surface area (Å²) in [7, 11) is 6.04. The molecule has 27 heavy (non-hydrogen) atoms. The molecular formula is C20H30N6O. The monoisotopic (exact) mass is 370 g/mol. The van der Waals surface area contributed by atoms with Gasteiger partial charge in [-0.2, -0.15) is 0 Å². The number of aromatic nitrogens is 1. The number of nitrogens with zero attached hydrogens (tertiary/aromatic N) is 5. The van der Waals surface area contributed by atoms with E-state index in [1.807, 2.05) is 13.1 Å². The molecule has 1 fully saturated rings. The van der Waals surface area contributed by atoms with Crippen LogP contribution in [0.2, 0.25) is 0 Å². The molecule has 1 aromatic carbocycles. The molecule has 1 saturated heterocycles. The van der Waals surface area contributed by atoms with Gasteiger partial charge in [-0.3, -0.25) is 9.89 Å². The van der Waals surface area contributed by atoms with Gasteiger partial charge in [0.1, 0.15) is 6.26 Å². The normalized spacial score (nSPS) is 16.1. The molecule has 1 aromatic heterocycles. The van der Waals surface area contributed by atoms with Crippen molar-refractivity contribution in [3.8, 4) is 0 Å². The highest BCUT2D eigenvalue weighted by Gasteiger charge is 2.20. The molecule has 0 radical (unpaired) electrons. The van der Waals surface area contributed by atoms with Crippen molar-refractivity contribution in [2.24, 2.45) is 4.99 Å². The van der Waals surface area contributed by atoms with Gasteiger partial charge in [-0.05, 0) is 25.2 Å². The number of aliphatic imine (C=N–C) groups is 1. The highest BCUT2D eigenvalue weighted by molar-refractivity contribution is 5.80. The van der Waals surface area contributed by atoms with E-state index >= 15 is 0 Å². The number of guanidine groups is 1. The second-order valence-corrected chi connectivity index (χ2v) is 7.21. The van der Waals surface area contributed by atoms with Crippen molar-refractivity contribution in [1.29, 1.82) is 0 Å². The maximum absolute atomic E-state index is 4.92. The molecule has 0 unspecified atom stereocenters. The molecule has 7 heteroatoms. The highest BCUT2D eigenvalue weighted by atomic mass is 16.5. The van der Waals surface area contributed by atoms with E-state index in [0.29, 0.717) is 0 Å². The van der Waals surface area contributed by atoms with E-state index in [9.17, 15) is 0 Å². The van der Waals surface area contributed by atoms with Crippen molar-refractivity contribution < 1.29 is 4.52 Å². The lowest BCUT2D eigenvalue weighted by molar-refractivity contribution is 0.169. The van der Waals surface area contributed by atoms with Gasteiger partial charge < -0.3 is 19.6 Å². The van der Waals surface area contributed by atoms with Gasteiger partial charge in [-0.15, -0.1) is 0 Å². The van der Waals surface area contributed by atoms with Crippen LogP contribution in [0.1, 0.15) is 16.8 Å². The van der Waals surface area contributed by atoms with Crippen LogP contribution < -0.4 is 5.32 Å². The first-order valence-electron chi connectivity index (χ1n) is 9.44. The molecule has 7 nitrogen and oxygen atoms in total. The van der Waals surface area contributed by atoms with Gasteiger partial charge in [-0.25, -0.2) is 0 Å². The minimum Gasteiger partial charge on any atom is -0.364 e. The Bertz CT molecular complexity index is 720. The second-order valence-electron chi connectivity index (χ2n) is 7.21. The smallest absolute Gasteiger partial charge is 0.194 e. The Morgan fingerprint density at radius 2 is 1.96 bits per heavy atom. The predicted octanol–water partition coefficient (Wildman–Crippen LogP) is 1.63. The summed E-state index contributed by atoms with van der Waals surface area (Å²) in [5.74, 6) is 0.967. The minimum atomic E-state index is 0.785. The molecule has 1 aliphatic heterocycles. The third-order valence-corrected chi connectivity index (χ3v) is 4.70. The first-order chi connectivity index (χ1) is 13.1. The van der Waals surface area contributed by atoms with Gasteiger partial charge in [0.15, 0.2) is 5.96 Å².